The average molecular weight is 656 g/mol. The standard InChI is InChI=1S/C18H29N3O3.C13H21N3O.CH2Cl2/c1-17(2,3)24-16(23)21-11-9-18(10-12-21)15(22)19-14(20-18)13-7-5-4-6-8-13;17-12-13(6-8-14-9-7-13)16-11(15-12)10-4-2-1-3-5-10;2-1-3/h13H,4-12H2,1-3H3,(H,19,20,22);10,14H,1-9H2,(H,15,16,17);1H2. The highest BCUT2D eigenvalue weighted by atomic mass is 35.5. The van der Waals surface area contributed by atoms with Gasteiger partial charge in [0.05, 0.1) is 5.34 Å². The summed E-state index contributed by atoms with van der Waals surface area (Å²) in [6.45, 7) is 8.45. The fraction of sp³-hybridized carbons (Fsp3) is 0.844. The van der Waals surface area contributed by atoms with E-state index >= 15 is 0 Å². The largest absolute Gasteiger partial charge is 0.444 e. The second kappa shape index (κ2) is 15.6. The molecule has 2 saturated carbocycles. The van der Waals surface area contributed by atoms with Crippen LogP contribution in [0, 0.1) is 11.8 Å². The maximum Gasteiger partial charge on any atom is 0.410 e. The summed E-state index contributed by atoms with van der Waals surface area (Å²) in [5.41, 5.74) is -1.58. The molecule has 0 aromatic heterocycles. The van der Waals surface area contributed by atoms with Gasteiger partial charge in [-0.05, 0) is 85.2 Å². The molecular formula is C32H52Cl2N6O4. The molecule has 12 heteroatoms. The molecule has 0 atom stereocenters. The molecule has 44 heavy (non-hydrogen) atoms. The number of rotatable bonds is 2. The first kappa shape index (κ1) is 35.0. The number of amidine groups is 2. The van der Waals surface area contributed by atoms with Gasteiger partial charge in [-0.3, -0.25) is 19.6 Å². The Morgan fingerprint density at radius 3 is 1.61 bits per heavy atom. The highest BCUT2D eigenvalue weighted by Gasteiger charge is 2.48. The number of likely N-dealkylation sites (tertiary alicyclic amines) is 1. The molecular weight excluding hydrogens is 603 g/mol. The lowest BCUT2D eigenvalue weighted by Gasteiger charge is -2.36. The lowest BCUT2D eigenvalue weighted by molar-refractivity contribution is -0.125. The third-order valence-corrected chi connectivity index (χ3v) is 9.65. The van der Waals surface area contributed by atoms with Gasteiger partial charge in [0, 0.05) is 24.9 Å². The molecule has 6 rings (SSSR count). The quantitative estimate of drug-likeness (QED) is 0.339. The second-order valence-corrected chi connectivity index (χ2v) is 14.8. The molecule has 0 aromatic rings. The topological polar surface area (TPSA) is 124 Å². The monoisotopic (exact) mass is 654 g/mol. The minimum atomic E-state index is -0.661. The summed E-state index contributed by atoms with van der Waals surface area (Å²) in [6, 6.07) is 0. The van der Waals surface area contributed by atoms with E-state index in [9.17, 15) is 14.4 Å². The highest BCUT2D eigenvalue weighted by molar-refractivity contribution is 6.40. The number of carbonyl (C=O) groups is 3. The Labute approximate surface area is 272 Å². The van der Waals surface area contributed by atoms with Crippen molar-refractivity contribution in [3.05, 3.63) is 0 Å². The molecule has 6 aliphatic rings. The molecule has 2 spiro atoms. The number of carbonyl (C=O) groups excluding carboxylic acids is 3. The van der Waals surface area contributed by atoms with Crippen molar-refractivity contribution in [3.8, 4) is 0 Å². The molecule has 4 fully saturated rings. The van der Waals surface area contributed by atoms with Gasteiger partial charge in [0.15, 0.2) is 0 Å². The number of nitrogens with one attached hydrogen (secondary N) is 3. The van der Waals surface area contributed by atoms with Crippen molar-refractivity contribution in [3.63, 3.8) is 0 Å². The van der Waals surface area contributed by atoms with Gasteiger partial charge in [-0.1, -0.05) is 38.5 Å². The van der Waals surface area contributed by atoms with Gasteiger partial charge in [0.2, 0.25) is 0 Å². The molecule has 3 amide bonds. The van der Waals surface area contributed by atoms with E-state index in [4.69, 9.17) is 37.9 Å². The molecule has 0 radical (unpaired) electrons. The fourth-order valence-corrected chi connectivity index (χ4v) is 7.13. The van der Waals surface area contributed by atoms with Crippen LogP contribution in [0.15, 0.2) is 9.98 Å². The Hall–Kier alpha value is -1.91. The number of halogens is 2. The molecule has 0 bridgehead atoms. The Kier molecular flexibility index (Phi) is 12.4. The van der Waals surface area contributed by atoms with E-state index in [1.807, 2.05) is 20.8 Å². The van der Waals surface area contributed by atoms with Crippen LogP contribution in [-0.2, 0) is 14.3 Å². The molecule has 2 saturated heterocycles. The summed E-state index contributed by atoms with van der Waals surface area (Å²) in [7, 11) is 0. The molecule has 10 nitrogen and oxygen atoms in total. The van der Waals surface area contributed by atoms with Gasteiger partial charge in [-0.15, -0.1) is 23.2 Å². The van der Waals surface area contributed by atoms with Crippen LogP contribution >= 0.6 is 23.2 Å². The number of hydrogen-bond acceptors (Lipinski definition) is 7. The third-order valence-electron chi connectivity index (χ3n) is 9.65. The van der Waals surface area contributed by atoms with E-state index in [2.05, 4.69) is 16.0 Å². The van der Waals surface area contributed by atoms with Crippen LogP contribution in [0.2, 0.25) is 0 Å². The van der Waals surface area contributed by atoms with E-state index < -0.39 is 16.7 Å². The number of hydrogen-bond donors (Lipinski definition) is 3. The van der Waals surface area contributed by atoms with Gasteiger partial charge in [0.25, 0.3) is 11.8 Å². The van der Waals surface area contributed by atoms with E-state index in [1.54, 1.807) is 4.90 Å². The normalized spacial score (nSPS) is 25.2. The molecule has 2 aliphatic carbocycles. The molecule has 4 heterocycles. The molecule has 248 valence electrons. The average Bonchev–Trinajstić information content (AvgIpc) is 3.50. The third kappa shape index (κ3) is 8.87. The minimum absolute atomic E-state index is 0.0203. The lowest BCUT2D eigenvalue weighted by Crippen LogP contribution is -2.51. The van der Waals surface area contributed by atoms with Gasteiger partial charge in [0.1, 0.15) is 28.4 Å². The van der Waals surface area contributed by atoms with Crippen molar-refractivity contribution in [1.29, 1.82) is 0 Å². The smallest absolute Gasteiger partial charge is 0.410 e. The summed E-state index contributed by atoms with van der Waals surface area (Å²) in [5, 5.41) is 9.61. The summed E-state index contributed by atoms with van der Waals surface area (Å²) in [5.74, 6) is 2.99. The minimum Gasteiger partial charge on any atom is -0.444 e. The van der Waals surface area contributed by atoms with Crippen molar-refractivity contribution < 1.29 is 19.1 Å². The number of ether oxygens (including phenoxy) is 1. The Morgan fingerprint density at radius 1 is 0.795 bits per heavy atom. The highest BCUT2D eigenvalue weighted by Crippen LogP contribution is 2.35. The summed E-state index contributed by atoms with van der Waals surface area (Å²) >= 11 is 9.53. The zero-order chi connectivity index (χ0) is 31.8. The van der Waals surface area contributed by atoms with Crippen LogP contribution in [0.3, 0.4) is 0 Å². The first-order chi connectivity index (χ1) is 21.0. The second-order valence-electron chi connectivity index (χ2n) is 14.0. The SMILES string of the molecule is CC(C)(C)OC(=O)N1CCC2(CC1)N=C(C1CCCCC1)NC2=O.ClCCl.O=C1NC(C2CCCCC2)=NC12CCNCC2. The fourth-order valence-electron chi connectivity index (χ4n) is 7.13. The van der Waals surface area contributed by atoms with E-state index in [0.717, 1.165) is 50.4 Å². The first-order valence-electron chi connectivity index (χ1n) is 16.6. The van der Waals surface area contributed by atoms with Gasteiger partial charge in [-0.25, -0.2) is 4.79 Å². The van der Waals surface area contributed by atoms with Crippen LogP contribution in [0.4, 0.5) is 4.79 Å². The van der Waals surface area contributed by atoms with Crippen LogP contribution in [0.5, 0.6) is 0 Å². The number of nitrogens with zero attached hydrogens (tertiary/aromatic N) is 3. The number of piperidine rings is 2. The van der Waals surface area contributed by atoms with Gasteiger partial charge < -0.3 is 25.6 Å². The van der Waals surface area contributed by atoms with E-state index in [0.29, 0.717) is 37.8 Å². The molecule has 3 N–H and O–H groups in total. The van der Waals surface area contributed by atoms with Crippen molar-refractivity contribution in [1.82, 2.24) is 20.9 Å². The van der Waals surface area contributed by atoms with Crippen LogP contribution in [-0.4, -0.2) is 82.7 Å². The Bertz CT molecular complexity index is 1070. The van der Waals surface area contributed by atoms with Crippen LogP contribution in [0.1, 0.15) is 111 Å². The first-order valence-corrected chi connectivity index (χ1v) is 17.7. The van der Waals surface area contributed by atoms with Crippen LogP contribution in [0.25, 0.3) is 0 Å². The number of aliphatic imine (C=N–C) groups is 2. The van der Waals surface area contributed by atoms with Crippen LogP contribution < -0.4 is 16.0 Å². The Balaban J connectivity index is 0.000000193. The zero-order valence-electron chi connectivity index (χ0n) is 26.8. The van der Waals surface area contributed by atoms with Gasteiger partial charge in [-0.2, -0.15) is 0 Å². The molecule has 0 unspecified atom stereocenters. The number of alkyl halides is 2. The molecule has 0 aromatic carbocycles. The predicted octanol–water partition coefficient (Wildman–Crippen LogP) is 5.50. The zero-order valence-corrected chi connectivity index (χ0v) is 28.3. The molecule has 4 aliphatic heterocycles. The van der Waals surface area contributed by atoms with Crippen molar-refractivity contribution in [2.24, 2.45) is 21.8 Å². The maximum atomic E-state index is 12.5. The maximum absolute atomic E-state index is 12.5. The number of amides is 3. The Morgan fingerprint density at radius 2 is 1.20 bits per heavy atom. The predicted molar refractivity (Wildman–Crippen MR) is 175 cm³/mol. The van der Waals surface area contributed by atoms with Crippen molar-refractivity contribution in [2.45, 2.75) is 127 Å². The van der Waals surface area contributed by atoms with E-state index in [-0.39, 0.29) is 23.2 Å². The van der Waals surface area contributed by atoms with Gasteiger partial charge >= 0.3 is 6.09 Å². The summed E-state index contributed by atoms with van der Waals surface area (Å²) < 4.78 is 5.42. The van der Waals surface area contributed by atoms with Crippen molar-refractivity contribution in [2.75, 3.05) is 31.5 Å². The summed E-state index contributed by atoms with van der Waals surface area (Å²) in [6.07, 6.45) is 14.9. The summed E-state index contributed by atoms with van der Waals surface area (Å²) in [4.78, 5) is 48.2. The van der Waals surface area contributed by atoms with E-state index in [1.165, 1.54) is 51.4 Å². The van der Waals surface area contributed by atoms with Crippen molar-refractivity contribution >= 4 is 52.8 Å². The lowest BCUT2D eigenvalue weighted by atomic mass is 9.87.